The van der Waals surface area contributed by atoms with E-state index in [1.54, 1.807) is 19.5 Å². The molecule has 0 nitrogen and oxygen atoms in total. The maximum absolute atomic E-state index is 2.76. The number of hydrogen-bond acceptors (Lipinski definition) is 2. The summed E-state index contributed by atoms with van der Waals surface area (Å²) in [6.07, 6.45) is 30.4. The second-order valence-corrected chi connectivity index (χ2v) is 23.1. The molecule has 0 bridgehead atoms. The predicted molar refractivity (Wildman–Crippen MR) is 226 cm³/mol. The molecule has 1 saturated heterocycles. The molecule has 4 rings (SSSR count). The highest BCUT2D eigenvalue weighted by atomic mass is 32.3. The summed E-state index contributed by atoms with van der Waals surface area (Å²) in [5, 5.41) is 0. The highest BCUT2D eigenvalue weighted by molar-refractivity contribution is 8.34. The number of fused-ring (bicyclic) bond motifs is 5. The van der Waals surface area contributed by atoms with Crippen molar-refractivity contribution in [3.05, 3.63) is 21.9 Å². The molecule has 1 fully saturated rings. The van der Waals surface area contributed by atoms with E-state index in [9.17, 15) is 0 Å². The van der Waals surface area contributed by atoms with Crippen LogP contribution >= 0.6 is 32.7 Å². The molecule has 0 amide bonds. The summed E-state index contributed by atoms with van der Waals surface area (Å²) in [5.41, 5.74) is 0.448. The van der Waals surface area contributed by atoms with Crippen LogP contribution in [-0.4, -0.2) is 11.5 Å². The van der Waals surface area contributed by atoms with Crippen LogP contribution in [0.3, 0.4) is 0 Å². The molecule has 0 radical (unpaired) electrons. The monoisotopic (exact) mass is 717 g/mol. The Kier molecular flexibility index (Phi) is 18.2. The molecule has 0 aromatic carbocycles. The average Bonchev–Trinajstić information content (AvgIpc) is 3.73. The molecule has 278 valence electrons. The highest BCUT2D eigenvalue weighted by Crippen LogP contribution is 2.76. The lowest BCUT2D eigenvalue weighted by molar-refractivity contribution is 0.393. The van der Waals surface area contributed by atoms with Gasteiger partial charge in [0.05, 0.1) is 9.75 Å². The zero-order valence-corrected chi connectivity index (χ0v) is 36.2. The third-order valence-electron chi connectivity index (χ3n) is 11.2. The largest absolute Gasteiger partial charge is 0.185 e. The molecule has 2 unspecified atom stereocenters. The number of unbranched alkanes of at least 4 members (excludes halogenated alkanes) is 3. The molecule has 2 aliphatic heterocycles. The van der Waals surface area contributed by atoms with Crippen molar-refractivity contribution in [2.24, 2.45) is 11.8 Å². The summed E-state index contributed by atoms with van der Waals surface area (Å²) in [7, 11) is -1.04. The van der Waals surface area contributed by atoms with E-state index in [1.807, 2.05) is 23.6 Å². The predicted octanol–water partition coefficient (Wildman–Crippen LogP) is 17.1. The van der Waals surface area contributed by atoms with E-state index in [-0.39, 0.29) is 10.8 Å². The van der Waals surface area contributed by atoms with Gasteiger partial charge in [-0.15, -0.1) is 22.7 Å². The first-order valence-electron chi connectivity index (χ1n) is 21.0. The van der Waals surface area contributed by atoms with Crippen molar-refractivity contribution in [1.29, 1.82) is 0 Å². The minimum absolute atomic E-state index is 0.224. The lowest BCUT2D eigenvalue weighted by atomic mass is 9.92. The Labute approximate surface area is 310 Å². The van der Waals surface area contributed by atoms with Crippen molar-refractivity contribution in [3.8, 4) is 9.75 Å². The summed E-state index contributed by atoms with van der Waals surface area (Å²) < 4.78 is 0. The summed E-state index contributed by atoms with van der Waals surface area (Å²) in [5.74, 6) is 4.69. The molecular weight excluding hydrogens is 637 g/mol. The van der Waals surface area contributed by atoms with Gasteiger partial charge in [-0.05, 0) is 65.6 Å². The van der Waals surface area contributed by atoms with Crippen molar-refractivity contribution in [2.75, 3.05) is 11.5 Å². The zero-order chi connectivity index (χ0) is 35.2. The van der Waals surface area contributed by atoms with Gasteiger partial charge in [-0.3, -0.25) is 0 Å². The summed E-state index contributed by atoms with van der Waals surface area (Å²) in [6.45, 7) is 23.6. The molecule has 0 N–H and O–H groups in total. The Hall–Kier alpha value is -0.250. The second-order valence-electron chi connectivity index (χ2n) is 17.6. The smallest absolute Gasteiger partial charge is 0.0580 e. The van der Waals surface area contributed by atoms with Crippen molar-refractivity contribution >= 4 is 32.7 Å². The lowest BCUT2D eigenvalue weighted by Gasteiger charge is -2.41. The van der Waals surface area contributed by atoms with E-state index in [1.165, 1.54) is 146 Å². The fourth-order valence-electron chi connectivity index (χ4n) is 8.07. The van der Waals surface area contributed by atoms with Crippen LogP contribution in [0.4, 0.5) is 0 Å². The first-order chi connectivity index (χ1) is 23.0. The maximum Gasteiger partial charge on any atom is 0.0580 e. The first kappa shape index (κ1) is 42.2. The van der Waals surface area contributed by atoms with Gasteiger partial charge in [0.2, 0.25) is 0 Å². The molecule has 2 aromatic rings. The van der Waals surface area contributed by atoms with Gasteiger partial charge in [-0.2, -0.15) is 10.0 Å². The fourth-order valence-corrected chi connectivity index (χ4v) is 16.6. The van der Waals surface area contributed by atoms with Crippen LogP contribution in [0, 0.1) is 11.8 Å². The van der Waals surface area contributed by atoms with E-state index in [4.69, 9.17) is 0 Å². The molecule has 0 aliphatic carbocycles. The van der Waals surface area contributed by atoms with E-state index >= 15 is 0 Å². The Morgan fingerprint density at radius 1 is 0.604 bits per heavy atom. The van der Waals surface area contributed by atoms with Crippen LogP contribution in [0.25, 0.3) is 9.75 Å². The van der Waals surface area contributed by atoms with E-state index < -0.39 is 10.0 Å². The second kappa shape index (κ2) is 20.7. The molecule has 4 heterocycles. The van der Waals surface area contributed by atoms with Crippen LogP contribution in [0.5, 0.6) is 0 Å². The molecule has 0 saturated carbocycles. The van der Waals surface area contributed by atoms with Crippen molar-refractivity contribution in [1.82, 2.24) is 0 Å². The number of thiophene rings is 2. The van der Waals surface area contributed by atoms with Gasteiger partial charge in [0.15, 0.2) is 0 Å². The molecule has 1 spiro atoms. The van der Waals surface area contributed by atoms with Gasteiger partial charge in [-0.25, -0.2) is 0 Å². The van der Waals surface area contributed by atoms with Gasteiger partial charge in [0, 0.05) is 19.5 Å². The van der Waals surface area contributed by atoms with Crippen molar-refractivity contribution in [3.63, 3.8) is 0 Å². The van der Waals surface area contributed by atoms with Gasteiger partial charge in [-0.1, -0.05) is 185 Å². The molecule has 2 aliphatic rings. The minimum atomic E-state index is -1.04. The maximum atomic E-state index is 2.76. The Morgan fingerprint density at radius 2 is 1.06 bits per heavy atom. The molecule has 48 heavy (non-hydrogen) atoms. The van der Waals surface area contributed by atoms with Gasteiger partial charge in [0.1, 0.15) is 0 Å². The summed E-state index contributed by atoms with van der Waals surface area (Å²) in [4.78, 5) is 10.3. The first-order valence-corrected chi connectivity index (χ1v) is 24.6. The van der Waals surface area contributed by atoms with E-state index in [2.05, 4.69) is 90.2 Å². The number of hydrogen-bond donors (Lipinski definition) is 0. The molecule has 3 heteroatoms. The van der Waals surface area contributed by atoms with Crippen LogP contribution in [0.15, 0.2) is 21.9 Å². The van der Waals surface area contributed by atoms with E-state index in [0.29, 0.717) is 0 Å². The van der Waals surface area contributed by atoms with Crippen molar-refractivity contribution < 1.29 is 0 Å². The average molecular weight is 717 g/mol. The Morgan fingerprint density at radius 3 is 1.54 bits per heavy atom. The molecule has 2 atom stereocenters. The minimum Gasteiger partial charge on any atom is -0.185 e. The summed E-state index contributed by atoms with van der Waals surface area (Å²) >= 11 is 4.34. The third-order valence-corrected chi connectivity index (χ3v) is 19.1. The lowest BCUT2D eigenvalue weighted by Crippen LogP contribution is -2.18. The highest BCUT2D eigenvalue weighted by Gasteiger charge is 2.44. The van der Waals surface area contributed by atoms with Crippen LogP contribution in [0.2, 0.25) is 0 Å². The van der Waals surface area contributed by atoms with Crippen molar-refractivity contribution in [2.45, 2.75) is 225 Å². The van der Waals surface area contributed by atoms with E-state index in [0.717, 1.165) is 11.8 Å². The summed E-state index contributed by atoms with van der Waals surface area (Å²) in [6, 6.07) is 5.52. The van der Waals surface area contributed by atoms with Crippen LogP contribution in [-0.2, 0) is 10.8 Å². The van der Waals surface area contributed by atoms with Gasteiger partial charge < -0.3 is 0 Å². The van der Waals surface area contributed by atoms with Gasteiger partial charge in [0.25, 0.3) is 0 Å². The quantitative estimate of drug-likeness (QED) is 0.270. The Balaban J connectivity index is 0.00000307. The van der Waals surface area contributed by atoms with Gasteiger partial charge >= 0.3 is 0 Å². The number of rotatable bonds is 5. The zero-order valence-electron chi connectivity index (χ0n) is 33.8. The molecule has 2 aromatic heterocycles. The molecular formula is C45H80S3. The fraction of sp³-hybridized carbons (Fsp3) is 0.822. The Bertz CT molecular complexity index is 1090. The van der Waals surface area contributed by atoms with Crippen LogP contribution < -0.4 is 0 Å². The standard InChI is InChI=1S/C43H74S3.C2H6/c1-9-10-11-23-28-35-29-25-27-34(2)26-22-20-18-16-14-12-13-15-17-19-21-24-30-46(33-35)36-31-38(42(3,4)5)44-40(36)41-37(46)32-39(45-41)43(6,7)8;1-2/h31-32,34-35H,9-30,33H2,1-8H3;1-2H3. The topological polar surface area (TPSA) is 0 Å². The normalized spacial score (nSPS) is 23.0. The third kappa shape index (κ3) is 12.2. The SMILES string of the molecule is CC.CCCCCCC1CCCC(C)CCCCCCCCCCCCCCS2(C1)c1cc(C(C)(C)C)sc1-c1sc(C(C)(C)C)cc12. The van der Waals surface area contributed by atoms with Crippen LogP contribution in [0.1, 0.15) is 214 Å².